The van der Waals surface area contributed by atoms with Gasteiger partial charge in [0.2, 0.25) is 0 Å². The molecule has 4 nitrogen and oxygen atoms in total. The van der Waals surface area contributed by atoms with Crippen LogP contribution in [0, 0.1) is 12.7 Å². The first-order valence-corrected chi connectivity index (χ1v) is 10.0. The van der Waals surface area contributed by atoms with E-state index in [1.165, 1.54) is 12.1 Å². The first-order valence-electron chi connectivity index (χ1n) is 10.0. The van der Waals surface area contributed by atoms with Crippen molar-refractivity contribution >= 4 is 16.9 Å². The zero-order chi connectivity index (χ0) is 20.1. The lowest BCUT2D eigenvalue weighted by molar-refractivity contribution is 0.0735. The third-order valence-corrected chi connectivity index (χ3v) is 4.94. The van der Waals surface area contributed by atoms with Crippen LogP contribution in [0.25, 0.3) is 11.0 Å². The number of aryl methyl sites for hydroxylation is 2. The van der Waals surface area contributed by atoms with Gasteiger partial charge in [-0.3, -0.25) is 4.79 Å². The highest BCUT2D eigenvalue weighted by Crippen LogP contribution is 2.20. The summed E-state index contributed by atoms with van der Waals surface area (Å²) in [7, 11) is 0. The summed E-state index contributed by atoms with van der Waals surface area (Å²) in [5.41, 5.74) is 3.37. The van der Waals surface area contributed by atoms with Crippen molar-refractivity contribution < 1.29 is 9.18 Å². The molecular formula is C23H28FN3O. The van der Waals surface area contributed by atoms with Crippen LogP contribution in [0.3, 0.4) is 0 Å². The van der Waals surface area contributed by atoms with Gasteiger partial charge in [-0.1, -0.05) is 38.0 Å². The molecule has 0 aliphatic heterocycles. The number of hydrogen-bond acceptors (Lipinski definition) is 2. The van der Waals surface area contributed by atoms with Gasteiger partial charge in [0, 0.05) is 24.7 Å². The van der Waals surface area contributed by atoms with Crippen molar-refractivity contribution in [1.82, 2.24) is 14.5 Å². The number of fused-ring (bicyclic) bond motifs is 1. The van der Waals surface area contributed by atoms with Crippen LogP contribution in [0.2, 0.25) is 0 Å². The molecular weight excluding hydrogens is 353 g/mol. The molecule has 0 radical (unpaired) electrons. The van der Waals surface area contributed by atoms with Crippen molar-refractivity contribution in [3.05, 3.63) is 65.2 Å². The summed E-state index contributed by atoms with van der Waals surface area (Å²) in [6.07, 6.45) is 2.88. The Hall–Kier alpha value is -2.69. The Morgan fingerprint density at radius 2 is 1.86 bits per heavy atom. The van der Waals surface area contributed by atoms with E-state index in [0.29, 0.717) is 24.2 Å². The van der Waals surface area contributed by atoms with Crippen LogP contribution in [0.1, 0.15) is 54.9 Å². The van der Waals surface area contributed by atoms with E-state index < -0.39 is 0 Å². The number of hydrogen-bond donors (Lipinski definition) is 0. The van der Waals surface area contributed by atoms with Gasteiger partial charge in [0.05, 0.1) is 17.6 Å². The molecule has 0 atom stereocenters. The lowest BCUT2D eigenvalue weighted by Gasteiger charge is -2.23. The van der Waals surface area contributed by atoms with Gasteiger partial charge in [0.25, 0.3) is 5.91 Å². The lowest BCUT2D eigenvalue weighted by Crippen LogP contribution is -2.32. The highest BCUT2D eigenvalue weighted by Gasteiger charge is 2.20. The van der Waals surface area contributed by atoms with E-state index in [2.05, 4.69) is 23.4 Å². The van der Waals surface area contributed by atoms with Gasteiger partial charge in [-0.25, -0.2) is 9.37 Å². The van der Waals surface area contributed by atoms with E-state index in [1.807, 2.05) is 36.1 Å². The summed E-state index contributed by atoms with van der Waals surface area (Å²) < 4.78 is 15.8. The van der Waals surface area contributed by atoms with Crippen LogP contribution < -0.4 is 0 Å². The van der Waals surface area contributed by atoms with E-state index in [9.17, 15) is 9.18 Å². The molecule has 0 saturated heterocycles. The Kier molecular flexibility index (Phi) is 6.45. The Balaban J connectivity index is 1.94. The molecule has 0 N–H and O–H groups in total. The molecule has 1 amide bonds. The molecule has 5 heteroatoms. The SMILES string of the molecule is CCCCN(Cc1nc2cc(F)ccc2n1CCC)C(=O)c1ccc(C)cc1. The molecule has 0 spiro atoms. The molecule has 3 aromatic rings. The number of aromatic nitrogens is 2. The zero-order valence-corrected chi connectivity index (χ0v) is 16.9. The molecule has 0 saturated carbocycles. The second-order valence-electron chi connectivity index (χ2n) is 7.26. The number of rotatable bonds is 8. The molecule has 28 heavy (non-hydrogen) atoms. The van der Waals surface area contributed by atoms with Gasteiger partial charge in [-0.05, 0) is 44.0 Å². The number of amides is 1. The average Bonchev–Trinajstić information content (AvgIpc) is 3.01. The normalized spacial score (nSPS) is 11.1. The molecule has 2 aromatic carbocycles. The van der Waals surface area contributed by atoms with Crippen molar-refractivity contribution in [2.45, 2.75) is 53.1 Å². The Labute approximate surface area is 166 Å². The fourth-order valence-electron chi connectivity index (χ4n) is 3.40. The molecule has 148 valence electrons. The van der Waals surface area contributed by atoms with Crippen molar-refractivity contribution in [3.8, 4) is 0 Å². The van der Waals surface area contributed by atoms with E-state index >= 15 is 0 Å². The first kappa shape index (κ1) is 20.1. The monoisotopic (exact) mass is 381 g/mol. The minimum Gasteiger partial charge on any atom is -0.331 e. The topological polar surface area (TPSA) is 38.1 Å². The maximum absolute atomic E-state index is 13.7. The quantitative estimate of drug-likeness (QED) is 0.528. The highest BCUT2D eigenvalue weighted by atomic mass is 19.1. The number of halogens is 1. The maximum atomic E-state index is 13.7. The molecule has 1 aromatic heterocycles. The van der Waals surface area contributed by atoms with Crippen molar-refractivity contribution in [2.24, 2.45) is 0 Å². The Morgan fingerprint density at radius 1 is 1.11 bits per heavy atom. The van der Waals surface area contributed by atoms with Crippen molar-refractivity contribution in [3.63, 3.8) is 0 Å². The maximum Gasteiger partial charge on any atom is 0.254 e. The lowest BCUT2D eigenvalue weighted by atomic mass is 10.1. The van der Waals surface area contributed by atoms with E-state index in [1.54, 1.807) is 6.07 Å². The van der Waals surface area contributed by atoms with Crippen LogP contribution in [0.5, 0.6) is 0 Å². The van der Waals surface area contributed by atoms with E-state index in [4.69, 9.17) is 0 Å². The van der Waals surface area contributed by atoms with Gasteiger partial charge in [0.15, 0.2) is 0 Å². The number of carbonyl (C=O) groups excluding carboxylic acids is 1. The van der Waals surface area contributed by atoms with Gasteiger partial charge >= 0.3 is 0 Å². The highest BCUT2D eigenvalue weighted by molar-refractivity contribution is 5.94. The van der Waals surface area contributed by atoms with Gasteiger partial charge in [0.1, 0.15) is 11.6 Å². The summed E-state index contributed by atoms with van der Waals surface area (Å²) in [6.45, 7) is 8.11. The van der Waals surface area contributed by atoms with Gasteiger partial charge < -0.3 is 9.47 Å². The second-order valence-corrected chi connectivity index (χ2v) is 7.26. The molecule has 1 heterocycles. The largest absolute Gasteiger partial charge is 0.331 e. The van der Waals surface area contributed by atoms with Crippen LogP contribution in [0.4, 0.5) is 4.39 Å². The van der Waals surface area contributed by atoms with Crippen molar-refractivity contribution in [2.75, 3.05) is 6.54 Å². The number of unbranched alkanes of at least 4 members (excludes halogenated alkanes) is 1. The van der Waals surface area contributed by atoms with E-state index in [0.717, 1.165) is 42.7 Å². The summed E-state index contributed by atoms with van der Waals surface area (Å²) in [6, 6.07) is 12.4. The third-order valence-electron chi connectivity index (χ3n) is 4.94. The van der Waals surface area contributed by atoms with Crippen LogP contribution in [-0.2, 0) is 13.1 Å². The zero-order valence-electron chi connectivity index (χ0n) is 16.9. The molecule has 0 aliphatic carbocycles. The average molecular weight is 381 g/mol. The number of nitrogens with zero attached hydrogens (tertiary/aromatic N) is 3. The molecule has 0 fully saturated rings. The first-order chi connectivity index (χ1) is 13.5. The minimum absolute atomic E-state index is 0.00901. The van der Waals surface area contributed by atoms with Gasteiger partial charge in [-0.15, -0.1) is 0 Å². The Morgan fingerprint density at radius 3 is 2.54 bits per heavy atom. The van der Waals surface area contributed by atoms with Crippen LogP contribution in [0.15, 0.2) is 42.5 Å². The molecule has 0 unspecified atom stereocenters. The van der Waals surface area contributed by atoms with Crippen LogP contribution >= 0.6 is 0 Å². The predicted octanol–water partition coefficient (Wildman–Crippen LogP) is 5.34. The summed E-state index contributed by atoms with van der Waals surface area (Å²) in [4.78, 5) is 19.7. The molecule has 3 rings (SSSR count). The standard InChI is InChI=1S/C23H28FN3O/c1-4-6-14-26(23(28)18-9-7-17(3)8-10-18)16-22-25-20-15-19(24)11-12-21(20)27(22)13-5-2/h7-12,15H,4-6,13-14,16H2,1-3H3. The summed E-state index contributed by atoms with van der Waals surface area (Å²) in [5, 5.41) is 0. The van der Waals surface area contributed by atoms with Crippen molar-refractivity contribution in [1.29, 1.82) is 0 Å². The summed E-state index contributed by atoms with van der Waals surface area (Å²) >= 11 is 0. The fraction of sp³-hybridized carbons (Fsp3) is 0.391. The second kappa shape index (κ2) is 9.00. The van der Waals surface area contributed by atoms with Crippen LogP contribution in [-0.4, -0.2) is 26.9 Å². The Bertz CT molecular complexity index is 946. The summed E-state index contributed by atoms with van der Waals surface area (Å²) in [5.74, 6) is 0.521. The smallest absolute Gasteiger partial charge is 0.254 e. The number of carbonyl (C=O) groups is 1. The number of imidazole rings is 1. The molecule has 0 aliphatic rings. The fourth-order valence-corrected chi connectivity index (χ4v) is 3.40. The number of benzene rings is 2. The third kappa shape index (κ3) is 4.41. The van der Waals surface area contributed by atoms with Gasteiger partial charge in [-0.2, -0.15) is 0 Å². The van der Waals surface area contributed by atoms with E-state index in [-0.39, 0.29) is 11.7 Å². The predicted molar refractivity (Wildman–Crippen MR) is 111 cm³/mol. The molecule has 0 bridgehead atoms. The minimum atomic E-state index is -0.293.